The SMILES string of the molecule is COc1cc2c(N3CCN(C(=O)Nc4ccc(OC(C)C)cc4)CC3)ncnc2cc1OCC(O)CC(O)CC(=O)N1CCOCC1. The molecule has 3 N–H and O–H groups in total. The fraction of sp³-hybridized carbons (Fsp3) is 0.515. The molecule has 2 unspecified atom stereocenters. The zero-order chi connectivity index (χ0) is 33.3. The number of hydrogen-bond donors (Lipinski definition) is 3. The van der Waals surface area contributed by atoms with Gasteiger partial charge in [0.1, 0.15) is 24.5 Å². The van der Waals surface area contributed by atoms with Gasteiger partial charge in [0.15, 0.2) is 11.5 Å². The van der Waals surface area contributed by atoms with Gasteiger partial charge in [0.05, 0.1) is 50.6 Å². The summed E-state index contributed by atoms with van der Waals surface area (Å²) in [4.78, 5) is 39.9. The highest BCUT2D eigenvalue weighted by Crippen LogP contribution is 2.35. The number of nitrogens with one attached hydrogen (secondary N) is 1. The highest BCUT2D eigenvalue weighted by Gasteiger charge is 2.25. The molecule has 254 valence electrons. The number of carbonyl (C=O) groups excluding carboxylic acids is 2. The number of ether oxygens (including phenoxy) is 4. The van der Waals surface area contributed by atoms with Crippen LogP contribution in [0.1, 0.15) is 26.7 Å². The van der Waals surface area contributed by atoms with E-state index in [9.17, 15) is 19.8 Å². The quantitative estimate of drug-likeness (QED) is 0.264. The summed E-state index contributed by atoms with van der Waals surface area (Å²) >= 11 is 0. The van der Waals surface area contributed by atoms with Crippen LogP contribution in [0.4, 0.5) is 16.3 Å². The highest BCUT2D eigenvalue weighted by atomic mass is 16.5. The van der Waals surface area contributed by atoms with Crippen LogP contribution in [-0.2, 0) is 9.53 Å². The second kappa shape index (κ2) is 15.9. The Morgan fingerprint density at radius 2 is 1.66 bits per heavy atom. The van der Waals surface area contributed by atoms with Gasteiger partial charge in [-0.15, -0.1) is 0 Å². The van der Waals surface area contributed by atoms with Crippen molar-refractivity contribution in [2.24, 2.45) is 0 Å². The minimum Gasteiger partial charge on any atom is -0.493 e. The Morgan fingerprint density at radius 3 is 2.34 bits per heavy atom. The fourth-order valence-corrected chi connectivity index (χ4v) is 5.58. The summed E-state index contributed by atoms with van der Waals surface area (Å²) < 4.78 is 22.4. The minimum atomic E-state index is -1.00. The molecule has 47 heavy (non-hydrogen) atoms. The molecule has 3 aromatic rings. The topological polar surface area (TPSA) is 159 Å². The maximum Gasteiger partial charge on any atom is 0.321 e. The number of aliphatic hydroxyl groups excluding tert-OH is 2. The first-order valence-electron chi connectivity index (χ1n) is 15.9. The predicted molar refractivity (Wildman–Crippen MR) is 175 cm³/mol. The number of rotatable bonds is 12. The van der Waals surface area contributed by atoms with Crippen molar-refractivity contribution in [1.29, 1.82) is 0 Å². The molecule has 0 saturated carbocycles. The summed E-state index contributed by atoms with van der Waals surface area (Å²) in [5.41, 5.74) is 1.32. The number of amides is 3. The molecule has 3 amide bonds. The second-order valence-electron chi connectivity index (χ2n) is 11.9. The van der Waals surface area contributed by atoms with E-state index in [-0.39, 0.29) is 37.5 Å². The van der Waals surface area contributed by atoms with Crippen LogP contribution in [0.15, 0.2) is 42.7 Å². The van der Waals surface area contributed by atoms with Gasteiger partial charge >= 0.3 is 6.03 Å². The molecule has 3 heterocycles. The Labute approximate surface area is 274 Å². The number of hydrogen-bond acceptors (Lipinski definition) is 11. The molecular weight excluding hydrogens is 608 g/mol. The molecule has 2 saturated heterocycles. The number of nitrogens with zero attached hydrogens (tertiary/aromatic N) is 5. The van der Waals surface area contributed by atoms with Gasteiger partial charge in [0, 0.05) is 62.8 Å². The fourth-order valence-electron chi connectivity index (χ4n) is 5.58. The summed E-state index contributed by atoms with van der Waals surface area (Å²) in [5, 5.41) is 24.6. The van der Waals surface area contributed by atoms with Gasteiger partial charge in [-0.3, -0.25) is 4.79 Å². The number of anilines is 2. The Kier molecular flexibility index (Phi) is 11.5. The molecule has 14 nitrogen and oxygen atoms in total. The molecule has 2 aliphatic rings. The summed E-state index contributed by atoms with van der Waals surface area (Å²) in [5.74, 6) is 2.12. The minimum absolute atomic E-state index is 0.0121. The first-order chi connectivity index (χ1) is 22.7. The Morgan fingerprint density at radius 1 is 0.936 bits per heavy atom. The van der Waals surface area contributed by atoms with Crippen LogP contribution < -0.4 is 24.4 Å². The van der Waals surface area contributed by atoms with E-state index in [0.717, 1.165) is 11.1 Å². The molecule has 2 atom stereocenters. The Bertz CT molecular complexity index is 1490. The lowest BCUT2D eigenvalue weighted by Gasteiger charge is -2.35. The molecule has 14 heteroatoms. The molecule has 1 aromatic heterocycles. The lowest BCUT2D eigenvalue weighted by Crippen LogP contribution is -2.50. The average Bonchev–Trinajstić information content (AvgIpc) is 3.07. The van der Waals surface area contributed by atoms with E-state index in [1.165, 1.54) is 13.4 Å². The van der Waals surface area contributed by atoms with Crippen LogP contribution in [0, 0.1) is 0 Å². The number of aromatic nitrogens is 2. The molecule has 0 spiro atoms. The van der Waals surface area contributed by atoms with Crippen LogP contribution in [0.2, 0.25) is 0 Å². The van der Waals surface area contributed by atoms with Crippen LogP contribution >= 0.6 is 0 Å². The first-order valence-corrected chi connectivity index (χ1v) is 15.9. The van der Waals surface area contributed by atoms with Crippen molar-refractivity contribution in [3.05, 3.63) is 42.7 Å². The van der Waals surface area contributed by atoms with Crippen molar-refractivity contribution in [3.8, 4) is 17.2 Å². The van der Waals surface area contributed by atoms with E-state index in [0.29, 0.717) is 81.0 Å². The van der Waals surface area contributed by atoms with Crippen LogP contribution in [0.25, 0.3) is 10.9 Å². The number of carbonyl (C=O) groups is 2. The van der Waals surface area contributed by atoms with Crippen molar-refractivity contribution < 1.29 is 38.7 Å². The normalized spacial score (nSPS) is 16.6. The van der Waals surface area contributed by atoms with Crippen LogP contribution in [-0.4, -0.2) is 126 Å². The molecule has 5 rings (SSSR count). The third-order valence-electron chi connectivity index (χ3n) is 7.99. The maximum absolute atomic E-state index is 12.9. The first kappa shape index (κ1) is 33.9. The highest BCUT2D eigenvalue weighted by molar-refractivity contribution is 5.92. The average molecular weight is 653 g/mol. The van der Waals surface area contributed by atoms with Gasteiger partial charge in [-0.1, -0.05) is 0 Å². The molecule has 2 fully saturated rings. The number of morpholine rings is 1. The predicted octanol–water partition coefficient (Wildman–Crippen LogP) is 2.52. The van der Waals surface area contributed by atoms with Gasteiger partial charge in [0.25, 0.3) is 0 Å². The maximum atomic E-state index is 12.9. The number of fused-ring (bicyclic) bond motifs is 1. The summed E-state index contributed by atoms with van der Waals surface area (Å²) in [7, 11) is 1.53. The number of piperazine rings is 1. The van der Waals surface area contributed by atoms with Gasteiger partial charge in [-0.2, -0.15) is 0 Å². The van der Waals surface area contributed by atoms with E-state index in [1.54, 1.807) is 21.9 Å². The van der Waals surface area contributed by atoms with Crippen molar-refractivity contribution in [2.45, 2.75) is 45.0 Å². The van der Waals surface area contributed by atoms with E-state index >= 15 is 0 Å². The van der Waals surface area contributed by atoms with Gasteiger partial charge in [-0.25, -0.2) is 14.8 Å². The summed E-state index contributed by atoms with van der Waals surface area (Å²) in [6, 6.07) is 10.7. The molecule has 0 aliphatic carbocycles. The van der Waals surface area contributed by atoms with E-state index in [1.807, 2.05) is 38.1 Å². The second-order valence-corrected chi connectivity index (χ2v) is 11.9. The standard InChI is InChI=1S/C33H44N6O8/c1-22(2)47-26-6-4-23(5-7-26)36-33(43)39-10-8-38(9-11-39)32-27-18-29(44-3)30(19-28(27)34-21-35-32)46-20-25(41)16-24(40)17-31(42)37-12-14-45-15-13-37/h4-7,18-19,21-22,24-25,40-41H,8-17,20H2,1-3H3,(H,36,43). The molecule has 0 radical (unpaired) electrons. The molecule has 2 aromatic carbocycles. The number of aliphatic hydroxyl groups is 2. The summed E-state index contributed by atoms with van der Waals surface area (Å²) in [6.45, 7) is 7.95. The molecule has 2 aliphatic heterocycles. The van der Waals surface area contributed by atoms with Crippen LogP contribution in [0.3, 0.4) is 0 Å². The Balaban J connectivity index is 1.15. The lowest BCUT2D eigenvalue weighted by atomic mass is 10.1. The van der Waals surface area contributed by atoms with Crippen molar-refractivity contribution in [2.75, 3.05) is 76.4 Å². The van der Waals surface area contributed by atoms with Gasteiger partial charge in [-0.05, 0) is 44.2 Å². The zero-order valence-corrected chi connectivity index (χ0v) is 27.1. The van der Waals surface area contributed by atoms with Gasteiger partial charge in [0.2, 0.25) is 5.91 Å². The Hall–Kier alpha value is -4.40. The third kappa shape index (κ3) is 9.11. The number of methoxy groups -OCH3 is 1. The number of benzene rings is 2. The lowest BCUT2D eigenvalue weighted by molar-refractivity contribution is -0.137. The van der Waals surface area contributed by atoms with E-state index < -0.39 is 12.2 Å². The molecular formula is C33H44N6O8. The van der Waals surface area contributed by atoms with E-state index in [4.69, 9.17) is 18.9 Å². The van der Waals surface area contributed by atoms with Crippen molar-refractivity contribution in [1.82, 2.24) is 19.8 Å². The summed E-state index contributed by atoms with van der Waals surface area (Å²) in [6.07, 6.45) is -0.530. The zero-order valence-electron chi connectivity index (χ0n) is 27.1. The van der Waals surface area contributed by atoms with Crippen molar-refractivity contribution >= 4 is 34.3 Å². The van der Waals surface area contributed by atoms with Crippen molar-refractivity contribution in [3.63, 3.8) is 0 Å². The smallest absolute Gasteiger partial charge is 0.321 e. The van der Waals surface area contributed by atoms with Crippen LogP contribution in [0.5, 0.6) is 17.2 Å². The monoisotopic (exact) mass is 652 g/mol. The largest absolute Gasteiger partial charge is 0.493 e. The number of urea groups is 1. The van der Waals surface area contributed by atoms with E-state index in [2.05, 4.69) is 20.2 Å². The van der Waals surface area contributed by atoms with Gasteiger partial charge < -0.3 is 49.2 Å². The molecule has 0 bridgehead atoms. The third-order valence-corrected chi connectivity index (χ3v) is 7.99.